The van der Waals surface area contributed by atoms with Crippen molar-refractivity contribution >= 4 is 22.7 Å². The largest absolute Gasteiger partial charge is 0.489 e. The summed E-state index contributed by atoms with van der Waals surface area (Å²) >= 11 is 1.34. The lowest BCUT2D eigenvalue weighted by Gasteiger charge is -2.26. The lowest BCUT2D eigenvalue weighted by Crippen LogP contribution is -2.27. The van der Waals surface area contributed by atoms with Crippen molar-refractivity contribution < 1.29 is 14.3 Å². The molecule has 1 unspecified atom stereocenters. The van der Waals surface area contributed by atoms with Gasteiger partial charge in [-0.3, -0.25) is 9.69 Å². The molecule has 5 aromatic carbocycles. The standard InChI is InChI=1S/C35H29NO3S.C4H10/c37-35-36(30-18-16-29(17-19-30)28-14-8-3-9-15-28)33(25-40-35)32-21-20-31(38-23-26-10-4-1-5-11-26)22-34(32)39-24-27-12-6-2-7-13-27;1-4(2)3/h1-22,33H,23-25H2;4H,1-3H3. The Morgan fingerprint density at radius 3 is 1.80 bits per heavy atom. The highest BCUT2D eigenvalue weighted by molar-refractivity contribution is 8.14. The van der Waals surface area contributed by atoms with Crippen molar-refractivity contribution in [2.45, 2.75) is 40.0 Å². The van der Waals surface area contributed by atoms with Crippen molar-refractivity contribution in [2.24, 2.45) is 5.92 Å². The molecule has 4 nitrogen and oxygen atoms in total. The van der Waals surface area contributed by atoms with Crippen LogP contribution in [0.5, 0.6) is 11.5 Å². The summed E-state index contributed by atoms with van der Waals surface area (Å²) < 4.78 is 12.5. The quantitative estimate of drug-likeness (QED) is 0.168. The summed E-state index contributed by atoms with van der Waals surface area (Å²) in [5, 5.41) is 0.0378. The van der Waals surface area contributed by atoms with Crippen molar-refractivity contribution in [3.8, 4) is 22.6 Å². The highest BCUT2D eigenvalue weighted by atomic mass is 32.2. The van der Waals surface area contributed by atoms with Gasteiger partial charge in [0.1, 0.15) is 24.7 Å². The third-order valence-electron chi connectivity index (χ3n) is 6.96. The fourth-order valence-electron chi connectivity index (χ4n) is 4.86. The predicted octanol–water partition coefficient (Wildman–Crippen LogP) is 10.6. The van der Waals surface area contributed by atoms with Crippen LogP contribution < -0.4 is 14.4 Å². The van der Waals surface area contributed by atoms with E-state index >= 15 is 0 Å². The molecular formula is C39H39NO3S. The molecule has 224 valence electrons. The van der Waals surface area contributed by atoms with Gasteiger partial charge in [0, 0.05) is 23.1 Å². The molecule has 44 heavy (non-hydrogen) atoms. The van der Waals surface area contributed by atoms with Gasteiger partial charge in [-0.1, -0.05) is 136 Å². The maximum absolute atomic E-state index is 13.2. The highest BCUT2D eigenvalue weighted by Crippen LogP contribution is 2.43. The molecule has 1 saturated heterocycles. The molecule has 0 bridgehead atoms. The summed E-state index contributed by atoms with van der Waals surface area (Å²) in [6.07, 6.45) is 0. The number of hydrogen-bond donors (Lipinski definition) is 0. The molecule has 1 aliphatic heterocycles. The van der Waals surface area contributed by atoms with Gasteiger partial charge in [-0.15, -0.1) is 0 Å². The Morgan fingerprint density at radius 1 is 0.682 bits per heavy atom. The lowest BCUT2D eigenvalue weighted by atomic mass is 10.0. The second kappa shape index (κ2) is 15.3. The number of anilines is 1. The zero-order chi connectivity index (χ0) is 30.7. The number of hydrogen-bond acceptors (Lipinski definition) is 4. The zero-order valence-electron chi connectivity index (χ0n) is 25.6. The van der Waals surface area contributed by atoms with Gasteiger partial charge >= 0.3 is 0 Å². The first-order chi connectivity index (χ1) is 21.5. The van der Waals surface area contributed by atoms with Gasteiger partial charge in [-0.2, -0.15) is 0 Å². The van der Waals surface area contributed by atoms with Gasteiger partial charge in [0.15, 0.2) is 0 Å². The van der Waals surface area contributed by atoms with Crippen molar-refractivity contribution in [3.63, 3.8) is 0 Å². The summed E-state index contributed by atoms with van der Waals surface area (Å²) in [4.78, 5) is 15.0. The molecule has 0 aromatic heterocycles. The number of carbonyl (C=O) groups excluding carboxylic acids is 1. The summed E-state index contributed by atoms with van der Waals surface area (Å²) in [6.45, 7) is 7.39. The molecule has 0 aliphatic carbocycles. The van der Waals surface area contributed by atoms with E-state index in [0.29, 0.717) is 19.0 Å². The van der Waals surface area contributed by atoms with Gasteiger partial charge in [0.2, 0.25) is 0 Å². The Morgan fingerprint density at radius 2 is 1.20 bits per heavy atom. The van der Waals surface area contributed by atoms with Gasteiger partial charge in [0.05, 0.1) is 6.04 Å². The number of rotatable bonds is 9. The fourth-order valence-corrected chi connectivity index (χ4v) is 5.86. The van der Waals surface area contributed by atoms with Crippen LogP contribution in [0.4, 0.5) is 10.5 Å². The van der Waals surface area contributed by atoms with Gasteiger partial charge in [0.25, 0.3) is 5.24 Å². The molecule has 0 radical (unpaired) electrons. The first kappa shape index (κ1) is 31.0. The molecule has 1 atom stereocenters. The van der Waals surface area contributed by atoms with Crippen molar-refractivity contribution in [2.75, 3.05) is 10.7 Å². The number of thioether (sulfide) groups is 1. The molecule has 0 saturated carbocycles. The second-order valence-electron chi connectivity index (χ2n) is 11.4. The van der Waals surface area contributed by atoms with Crippen molar-refractivity contribution in [1.29, 1.82) is 0 Å². The van der Waals surface area contributed by atoms with E-state index in [9.17, 15) is 4.79 Å². The van der Waals surface area contributed by atoms with Gasteiger partial charge < -0.3 is 9.47 Å². The fraction of sp³-hybridized carbons (Fsp3) is 0.205. The van der Waals surface area contributed by atoms with Gasteiger partial charge in [-0.25, -0.2) is 0 Å². The molecule has 1 heterocycles. The van der Waals surface area contributed by atoms with E-state index in [-0.39, 0.29) is 11.3 Å². The first-order valence-electron chi connectivity index (χ1n) is 15.1. The second-order valence-corrected chi connectivity index (χ2v) is 12.3. The summed E-state index contributed by atoms with van der Waals surface area (Å²) in [5.74, 6) is 2.93. The topological polar surface area (TPSA) is 38.8 Å². The van der Waals surface area contributed by atoms with E-state index in [1.807, 2.05) is 114 Å². The minimum absolute atomic E-state index is 0.0378. The average molecular weight is 602 g/mol. The summed E-state index contributed by atoms with van der Waals surface area (Å²) in [5.41, 5.74) is 6.28. The van der Waals surface area contributed by atoms with E-state index in [2.05, 4.69) is 45.0 Å². The Balaban J connectivity index is 0.000000906. The van der Waals surface area contributed by atoms with Crippen LogP contribution in [0.25, 0.3) is 11.1 Å². The average Bonchev–Trinajstić information content (AvgIpc) is 3.45. The van der Waals surface area contributed by atoms with Crippen LogP contribution in [-0.2, 0) is 13.2 Å². The third kappa shape index (κ3) is 8.33. The van der Waals surface area contributed by atoms with Crippen molar-refractivity contribution in [1.82, 2.24) is 0 Å². The number of nitrogens with zero attached hydrogens (tertiary/aromatic N) is 1. The smallest absolute Gasteiger partial charge is 0.286 e. The SMILES string of the molecule is CC(C)C.O=C1SCC(c2ccc(OCc3ccccc3)cc2OCc2ccccc2)N1c1ccc(-c2ccccc2)cc1. The predicted molar refractivity (Wildman–Crippen MR) is 183 cm³/mol. The molecule has 5 heteroatoms. The molecule has 0 spiro atoms. The Labute approximate surface area is 265 Å². The van der Waals surface area contributed by atoms with Crippen LogP contribution in [0, 0.1) is 5.92 Å². The van der Waals surface area contributed by atoms with Crippen LogP contribution in [0.2, 0.25) is 0 Å². The Kier molecular flexibility index (Phi) is 10.8. The lowest BCUT2D eigenvalue weighted by molar-refractivity contribution is 0.264. The first-order valence-corrected chi connectivity index (χ1v) is 16.1. The molecular weight excluding hydrogens is 563 g/mol. The summed E-state index contributed by atoms with van der Waals surface area (Å²) in [7, 11) is 0. The Hall–Kier alpha value is -4.48. The van der Waals surface area contributed by atoms with E-state index < -0.39 is 0 Å². The zero-order valence-corrected chi connectivity index (χ0v) is 26.4. The minimum atomic E-state index is -0.158. The molecule has 0 N–H and O–H groups in total. The number of carbonyl (C=O) groups is 1. The maximum Gasteiger partial charge on any atom is 0.286 e. The van der Waals surface area contributed by atoms with Gasteiger partial charge in [-0.05, 0) is 52.4 Å². The summed E-state index contributed by atoms with van der Waals surface area (Å²) in [6, 6.07) is 44.5. The number of benzene rings is 5. The normalized spacial score (nSPS) is 14.2. The molecule has 1 fully saturated rings. The maximum atomic E-state index is 13.2. The molecule has 5 aromatic rings. The van der Waals surface area contributed by atoms with Crippen LogP contribution in [0.3, 0.4) is 0 Å². The van der Waals surface area contributed by atoms with Crippen LogP contribution in [0.15, 0.2) is 133 Å². The van der Waals surface area contributed by atoms with Crippen molar-refractivity contribution in [3.05, 3.63) is 150 Å². The molecule has 1 amide bonds. The van der Waals surface area contributed by atoms with E-state index in [4.69, 9.17) is 9.47 Å². The molecule has 1 aliphatic rings. The minimum Gasteiger partial charge on any atom is -0.489 e. The monoisotopic (exact) mass is 601 g/mol. The third-order valence-corrected chi connectivity index (χ3v) is 7.88. The molecule has 6 rings (SSSR count). The van der Waals surface area contributed by atoms with Crippen LogP contribution in [-0.4, -0.2) is 11.0 Å². The number of ether oxygens (including phenoxy) is 2. The highest BCUT2D eigenvalue weighted by Gasteiger charge is 2.36. The Bertz CT molecular complexity index is 1600. The van der Waals surface area contributed by atoms with Crippen LogP contribution in [0.1, 0.15) is 43.5 Å². The van der Waals surface area contributed by atoms with Crippen LogP contribution >= 0.6 is 11.8 Å². The van der Waals surface area contributed by atoms with E-state index in [1.165, 1.54) is 11.8 Å². The van der Waals surface area contributed by atoms with E-state index in [0.717, 1.165) is 50.9 Å². The number of amides is 1. The van der Waals surface area contributed by atoms with E-state index in [1.54, 1.807) is 0 Å².